The van der Waals surface area contributed by atoms with E-state index < -0.39 is 0 Å². The number of aryl methyl sites for hydroxylation is 2. The van der Waals surface area contributed by atoms with Crippen LogP contribution in [0.4, 0.5) is 0 Å². The first kappa shape index (κ1) is 11.3. The van der Waals surface area contributed by atoms with Crippen molar-refractivity contribution in [3.63, 3.8) is 0 Å². The third kappa shape index (κ3) is 1.88. The van der Waals surface area contributed by atoms with E-state index in [0.717, 1.165) is 27.8 Å². The van der Waals surface area contributed by atoms with Crippen LogP contribution in [-0.4, -0.2) is 14.8 Å². The summed E-state index contributed by atoms with van der Waals surface area (Å²) < 4.78 is 1.95. The molecule has 86 valence electrons. The Kier molecular flexibility index (Phi) is 3.07. The van der Waals surface area contributed by atoms with Gasteiger partial charge < -0.3 is 5.73 Å². The molecule has 0 aromatic carbocycles. The Hall–Kier alpha value is -1.20. The first-order valence-corrected chi connectivity index (χ1v) is 6.20. The van der Waals surface area contributed by atoms with E-state index in [0.29, 0.717) is 0 Å². The molecule has 0 aliphatic rings. The summed E-state index contributed by atoms with van der Waals surface area (Å²) in [5, 5.41) is 5.25. The minimum absolute atomic E-state index is 0.0456. The second-order valence-electron chi connectivity index (χ2n) is 3.79. The molecule has 0 aliphatic carbocycles. The Morgan fingerprint density at radius 3 is 2.88 bits per heavy atom. The number of nitrogens with zero attached hydrogens (tertiary/aromatic N) is 3. The van der Waals surface area contributed by atoms with Crippen LogP contribution in [0, 0.1) is 6.92 Å². The molecule has 0 saturated heterocycles. The average molecular weight is 236 g/mol. The molecule has 2 aromatic rings. The van der Waals surface area contributed by atoms with Crippen molar-refractivity contribution in [2.24, 2.45) is 5.73 Å². The summed E-state index contributed by atoms with van der Waals surface area (Å²) in [6.07, 6.45) is 1.81. The van der Waals surface area contributed by atoms with Crippen LogP contribution in [0.1, 0.15) is 30.5 Å². The number of rotatable bonds is 3. The highest BCUT2D eigenvalue weighted by atomic mass is 32.1. The van der Waals surface area contributed by atoms with Gasteiger partial charge in [-0.25, -0.2) is 4.98 Å². The van der Waals surface area contributed by atoms with E-state index >= 15 is 0 Å². The molecule has 2 rings (SSSR count). The molecular formula is C11H16N4S. The predicted molar refractivity (Wildman–Crippen MR) is 66.3 cm³/mol. The number of hydrogen-bond acceptors (Lipinski definition) is 4. The van der Waals surface area contributed by atoms with Crippen molar-refractivity contribution in [3.05, 3.63) is 22.8 Å². The Bertz CT molecular complexity index is 484. The number of aromatic nitrogens is 3. The van der Waals surface area contributed by atoms with Gasteiger partial charge in [-0.15, -0.1) is 11.3 Å². The number of hydrogen-bond donors (Lipinski definition) is 1. The van der Waals surface area contributed by atoms with Crippen LogP contribution in [0.3, 0.4) is 0 Å². The number of nitrogens with two attached hydrogens (primary N) is 1. The van der Waals surface area contributed by atoms with Gasteiger partial charge in [0.15, 0.2) is 0 Å². The smallest absolute Gasteiger partial charge is 0.142 e. The van der Waals surface area contributed by atoms with E-state index in [2.05, 4.69) is 17.0 Å². The summed E-state index contributed by atoms with van der Waals surface area (Å²) >= 11 is 1.66. The molecule has 0 saturated carbocycles. The van der Waals surface area contributed by atoms with Gasteiger partial charge in [0.2, 0.25) is 0 Å². The SMILES string of the molecule is CCn1nccc1-c1nc(C)c(C(C)N)s1. The van der Waals surface area contributed by atoms with Crippen molar-refractivity contribution in [1.29, 1.82) is 0 Å². The third-order valence-electron chi connectivity index (χ3n) is 2.48. The molecule has 0 spiro atoms. The standard InChI is InChI=1S/C11H16N4S/c1-4-15-9(5-6-13-15)11-14-8(3)10(16-11)7(2)12/h5-7H,4,12H2,1-3H3. The highest BCUT2D eigenvalue weighted by Crippen LogP contribution is 2.30. The largest absolute Gasteiger partial charge is 0.323 e. The van der Waals surface area contributed by atoms with E-state index in [1.807, 2.05) is 24.6 Å². The van der Waals surface area contributed by atoms with Gasteiger partial charge in [0.25, 0.3) is 0 Å². The number of thiazole rings is 1. The van der Waals surface area contributed by atoms with Gasteiger partial charge in [-0.3, -0.25) is 4.68 Å². The fourth-order valence-electron chi connectivity index (χ4n) is 1.71. The lowest BCUT2D eigenvalue weighted by atomic mass is 10.2. The normalized spacial score (nSPS) is 13.0. The van der Waals surface area contributed by atoms with E-state index in [-0.39, 0.29) is 6.04 Å². The van der Waals surface area contributed by atoms with Gasteiger partial charge in [-0.05, 0) is 26.8 Å². The van der Waals surface area contributed by atoms with E-state index in [9.17, 15) is 0 Å². The van der Waals surface area contributed by atoms with Gasteiger partial charge in [-0.1, -0.05) is 0 Å². The molecule has 0 amide bonds. The molecule has 0 aliphatic heterocycles. The molecule has 16 heavy (non-hydrogen) atoms. The van der Waals surface area contributed by atoms with Crippen molar-refractivity contribution >= 4 is 11.3 Å². The quantitative estimate of drug-likeness (QED) is 0.890. The summed E-state index contributed by atoms with van der Waals surface area (Å²) in [7, 11) is 0. The monoisotopic (exact) mass is 236 g/mol. The Morgan fingerprint density at radius 2 is 2.31 bits per heavy atom. The lowest BCUT2D eigenvalue weighted by molar-refractivity contribution is 0.666. The zero-order valence-electron chi connectivity index (χ0n) is 9.77. The fraction of sp³-hybridized carbons (Fsp3) is 0.455. The van der Waals surface area contributed by atoms with Crippen molar-refractivity contribution < 1.29 is 0 Å². The maximum Gasteiger partial charge on any atom is 0.142 e. The molecule has 2 N–H and O–H groups in total. The Morgan fingerprint density at radius 1 is 1.56 bits per heavy atom. The zero-order valence-corrected chi connectivity index (χ0v) is 10.6. The molecule has 0 fully saturated rings. The Labute approximate surface area is 99.1 Å². The third-order valence-corrected chi connectivity index (χ3v) is 3.86. The van der Waals surface area contributed by atoms with Crippen LogP contribution < -0.4 is 5.73 Å². The van der Waals surface area contributed by atoms with Gasteiger partial charge in [0.1, 0.15) is 5.01 Å². The highest BCUT2D eigenvalue weighted by molar-refractivity contribution is 7.15. The second kappa shape index (κ2) is 4.35. The predicted octanol–water partition coefficient (Wildman–Crippen LogP) is 2.35. The van der Waals surface area contributed by atoms with Gasteiger partial charge in [0.05, 0.1) is 11.4 Å². The van der Waals surface area contributed by atoms with Crippen LogP contribution in [0.15, 0.2) is 12.3 Å². The maximum absolute atomic E-state index is 5.90. The molecule has 5 heteroatoms. The van der Waals surface area contributed by atoms with Crippen molar-refractivity contribution in [2.75, 3.05) is 0 Å². The summed E-state index contributed by atoms with van der Waals surface area (Å²) in [6.45, 7) is 6.92. The second-order valence-corrected chi connectivity index (χ2v) is 4.82. The molecule has 0 bridgehead atoms. The molecule has 4 nitrogen and oxygen atoms in total. The lowest BCUT2D eigenvalue weighted by Gasteiger charge is -2.01. The van der Waals surface area contributed by atoms with Crippen LogP contribution in [0.25, 0.3) is 10.7 Å². The van der Waals surface area contributed by atoms with Gasteiger partial charge >= 0.3 is 0 Å². The first-order valence-electron chi connectivity index (χ1n) is 5.38. The summed E-state index contributed by atoms with van der Waals surface area (Å²) in [4.78, 5) is 5.71. The summed E-state index contributed by atoms with van der Waals surface area (Å²) in [5.41, 5.74) is 8.00. The lowest BCUT2D eigenvalue weighted by Crippen LogP contribution is -2.03. The van der Waals surface area contributed by atoms with E-state index in [1.54, 1.807) is 17.5 Å². The molecule has 1 atom stereocenters. The van der Waals surface area contributed by atoms with Crippen LogP contribution in [0.2, 0.25) is 0 Å². The van der Waals surface area contributed by atoms with Crippen LogP contribution >= 0.6 is 11.3 Å². The first-order chi connectivity index (χ1) is 7.63. The van der Waals surface area contributed by atoms with Crippen molar-refractivity contribution in [3.8, 4) is 10.7 Å². The van der Waals surface area contributed by atoms with E-state index in [4.69, 9.17) is 5.73 Å². The molecular weight excluding hydrogens is 220 g/mol. The Balaban J connectivity index is 2.45. The highest BCUT2D eigenvalue weighted by Gasteiger charge is 2.14. The molecule has 1 unspecified atom stereocenters. The fourth-order valence-corrected chi connectivity index (χ4v) is 2.75. The maximum atomic E-state index is 5.90. The minimum atomic E-state index is 0.0456. The van der Waals surface area contributed by atoms with Crippen LogP contribution in [0.5, 0.6) is 0 Å². The molecule has 2 heterocycles. The van der Waals surface area contributed by atoms with E-state index in [1.165, 1.54) is 0 Å². The van der Waals surface area contributed by atoms with Gasteiger partial charge in [-0.2, -0.15) is 5.10 Å². The van der Waals surface area contributed by atoms with Crippen molar-refractivity contribution in [1.82, 2.24) is 14.8 Å². The topological polar surface area (TPSA) is 56.7 Å². The zero-order chi connectivity index (χ0) is 11.7. The molecule has 2 aromatic heterocycles. The summed E-state index contributed by atoms with van der Waals surface area (Å²) in [6, 6.07) is 2.04. The minimum Gasteiger partial charge on any atom is -0.323 e. The van der Waals surface area contributed by atoms with Gasteiger partial charge in [0, 0.05) is 23.7 Å². The van der Waals surface area contributed by atoms with Crippen molar-refractivity contribution in [2.45, 2.75) is 33.4 Å². The summed E-state index contributed by atoms with van der Waals surface area (Å²) in [5.74, 6) is 0. The molecule has 0 radical (unpaired) electrons. The van der Waals surface area contributed by atoms with Crippen LogP contribution in [-0.2, 0) is 6.54 Å². The average Bonchev–Trinajstić information content (AvgIpc) is 2.82.